The molecule has 1 N–H and O–H groups in total. The normalized spacial score (nSPS) is 22.4. The van der Waals surface area contributed by atoms with Gasteiger partial charge in [-0.2, -0.15) is 0 Å². The van der Waals surface area contributed by atoms with Gasteiger partial charge in [-0.05, 0) is 47.0 Å². The molecular formula is C15H31NO. The van der Waals surface area contributed by atoms with E-state index in [1.807, 2.05) is 0 Å². The largest absolute Gasteiger partial charge is 0.371 e. The van der Waals surface area contributed by atoms with Crippen molar-refractivity contribution in [2.75, 3.05) is 6.54 Å². The summed E-state index contributed by atoms with van der Waals surface area (Å²) in [5.41, 5.74) is 0.282. The van der Waals surface area contributed by atoms with Crippen LogP contribution in [-0.4, -0.2) is 23.8 Å². The van der Waals surface area contributed by atoms with Crippen LogP contribution in [0.3, 0.4) is 0 Å². The smallest absolute Gasteiger partial charge is 0.0810 e. The van der Waals surface area contributed by atoms with E-state index in [4.69, 9.17) is 4.74 Å². The van der Waals surface area contributed by atoms with Crippen molar-refractivity contribution in [1.82, 2.24) is 5.32 Å². The lowest BCUT2D eigenvalue weighted by Gasteiger charge is -2.41. The van der Waals surface area contributed by atoms with Gasteiger partial charge in [0, 0.05) is 12.1 Å². The molecule has 1 rings (SSSR count). The van der Waals surface area contributed by atoms with Gasteiger partial charge in [0.2, 0.25) is 0 Å². The van der Waals surface area contributed by atoms with Crippen molar-refractivity contribution in [3.05, 3.63) is 0 Å². The van der Waals surface area contributed by atoms with Crippen LogP contribution in [0.2, 0.25) is 0 Å². The Morgan fingerprint density at radius 2 is 1.76 bits per heavy atom. The summed E-state index contributed by atoms with van der Waals surface area (Å²) in [5, 5.41) is 3.64. The SMILES string of the molecule is CCC(C)OC1(CNC(C)(C)C)CCCCC1. The van der Waals surface area contributed by atoms with Crippen molar-refractivity contribution in [1.29, 1.82) is 0 Å². The molecular weight excluding hydrogens is 210 g/mol. The van der Waals surface area contributed by atoms with Gasteiger partial charge >= 0.3 is 0 Å². The first-order chi connectivity index (χ1) is 7.87. The molecule has 0 aromatic heterocycles. The van der Waals surface area contributed by atoms with Gasteiger partial charge < -0.3 is 10.1 Å². The molecule has 0 aliphatic heterocycles. The van der Waals surface area contributed by atoms with Crippen molar-refractivity contribution in [2.24, 2.45) is 0 Å². The highest BCUT2D eigenvalue weighted by Crippen LogP contribution is 2.33. The predicted octanol–water partition coefficient (Wildman–Crippen LogP) is 3.89. The van der Waals surface area contributed by atoms with E-state index in [9.17, 15) is 0 Å². The van der Waals surface area contributed by atoms with Gasteiger partial charge in [0.1, 0.15) is 0 Å². The first-order valence-electron chi connectivity index (χ1n) is 7.30. The number of ether oxygens (including phenoxy) is 1. The molecule has 0 radical (unpaired) electrons. The lowest BCUT2D eigenvalue weighted by Crippen LogP contribution is -2.51. The topological polar surface area (TPSA) is 21.3 Å². The molecule has 1 aliphatic carbocycles. The number of rotatable bonds is 5. The van der Waals surface area contributed by atoms with Crippen LogP contribution in [0.4, 0.5) is 0 Å². The maximum atomic E-state index is 6.36. The van der Waals surface area contributed by atoms with Crippen LogP contribution in [0.5, 0.6) is 0 Å². The third-order valence-corrected chi connectivity index (χ3v) is 3.73. The van der Waals surface area contributed by atoms with Crippen molar-refractivity contribution < 1.29 is 4.74 Å². The Bertz CT molecular complexity index is 213. The fourth-order valence-corrected chi connectivity index (χ4v) is 2.47. The zero-order valence-corrected chi connectivity index (χ0v) is 12.4. The Balaban J connectivity index is 2.58. The van der Waals surface area contributed by atoms with Gasteiger partial charge in [-0.3, -0.25) is 0 Å². The molecule has 0 spiro atoms. The van der Waals surface area contributed by atoms with Crippen LogP contribution in [-0.2, 0) is 4.74 Å². The predicted molar refractivity (Wildman–Crippen MR) is 74.4 cm³/mol. The molecule has 0 aromatic rings. The third-order valence-electron chi connectivity index (χ3n) is 3.73. The molecule has 0 heterocycles. The highest BCUT2D eigenvalue weighted by Gasteiger charge is 2.35. The van der Waals surface area contributed by atoms with E-state index in [1.54, 1.807) is 0 Å². The molecule has 2 heteroatoms. The molecule has 0 saturated heterocycles. The van der Waals surface area contributed by atoms with Gasteiger partial charge in [-0.15, -0.1) is 0 Å². The summed E-state index contributed by atoms with van der Waals surface area (Å²) >= 11 is 0. The van der Waals surface area contributed by atoms with Crippen molar-refractivity contribution in [2.45, 2.75) is 90.4 Å². The maximum Gasteiger partial charge on any atom is 0.0810 e. The van der Waals surface area contributed by atoms with Crippen molar-refractivity contribution in [3.8, 4) is 0 Å². The summed E-state index contributed by atoms with van der Waals surface area (Å²) in [5.74, 6) is 0. The minimum Gasteiger partial charge on any atom is -0.371 e. The summed E-state index contributed by atoms with van der Waals surface area (Å²) < 4.78 is 6.36. The van der Waals surface area contributed by atoms with Gasteiger partial charge in [-0.25, -0.2) is 0 Å². The maximum absolute atomic E-state index is 6.36. The van der Waals surface area contributed by atoms with Crippen LogP contribution >= 0.6 is 0 Å². The standard InChI is InChI=1S/C15H31NO/c1-6-13(2)17-15(10-8-7-9-11-15)12-16-14(3,4)5/h13,16H,6-12H2,1-5H3. The van der Waals surface area contributed by atoms with E-state index in [2.05, 4.69) is 39.9 Å². The first kappa shape index (κ1) is 15.0. The van der Waals surface area contributed by atoms with Crippen LogP contribution in [0, 0.1) is 0 Å². The number of nitrogens with one attached hydrogen (secondary N) is 1. The number of hydrogen-bond donors (Lipinski definition) is 1. The molecule has 1 unspecified atom stereocenters. The highest BCUT2D eigenvalue weighted by molar-refractivity contribution is 4.89. The average Bonchev–Trinajstić information content (AvgIpc) is 2.27. The molecule has 1 aliphatic rings. The molecule has 1 saturated carbocycles. The Morgan fingerprint density at radius 1 is 1.18 bits per heavy atom. The fourth-order valence-electron chi connectivity index (χ4n) is 2.47. The molecule has 1 atom stereocenters. The Hall–Kier alpha value is -0.0800. The third kappa shape index (κ3) is 5.39. The van der Waals surface area contributed by atoms with Gasteiger partial charge in [0.05, 0.1) is 11.7 Å². The highest BCUT2D eigenvalue weighted by atomic mass is 16.5. The van der Waals surface area contributed by atoms with Crippen LogP contribution in [0.1, 0.15) is 73.1 Å². The lowest BCUT2D eigenvalue weighted by atomic mass is 9.83. The van der Waals surface area contributed by atoms with E-state index in [1.165, 1.54) is 32.1 Å². The van der Waals surface area contributed by atoms with Crippen LogP contribution in [0.25, 0.3) is 0 Å². The Labute approximate surface area is 108 Å². The Kier molecular flexibility index (Phi) is 5.46. The minimum atomic E-state index is 0.0982. The van der Waals surface area contributed by atoms with E-state index in [0.29, 0.717) is 6.10 Å². The summed E-state index contributed by atoms with van der Waals surface area (Å²) in [4.78, 5) is 0. The van der Waals surface area contributed by atoms with Crippen LogP contribution < -0.4 is 5.32 Å². The molecule has 0 aromatic carbocycles. The summed E-state index contributed by atoms with van der Waals surface area (Å²) in [6.45, 7) is 12.1. The van der Waals surface area contributed by atoms with E-state index < -0.39 is 0 Å². The van der Waals surface area contributed by atoms with Gasteiger partial charge in [-0.1, -0.05) is 26.2 Å². The zero-order chi connectivity index (χ0) is 12.9. The van der Waals surface area contributed by atoms with E-state index in [-0.39, 0.29) is 11.1 Å². The summed E-state index contributed by atoms with van der Waals surface area (Å²) in [7, 11) is 0. The summed E-state index contributed by atoms with van der Waals surface area (Å²) in [6.07, 6.45) is 7.96. The average molecular weight is 241 g/mol. The van der Waals surface area contributed by atoms with Crippen molar-refractivity contribution in [3.63, 3.8) is 0 Å². The van der Waals surface area contributed by atoms with Crippen LogP contribution in [0.15, 0.2) is 0 Å². The molecule has 2 nitrogen and oxygen atoms in total. The van der Waals surface area contributed by atoms with Gasteiger partial charge in [0.15, 0.2) is 0 Å². The lowest BCUT2D eigenvalue weighted by molar-refractivity contribution is -0.108. The van der Waals surface area contributed by atoms with Crippen molar-refractivity contribution >= 4 is 0 Å². The van der Waals surface area contributed by atoms with E-state index in [0.717, 1.165) is 13.0 Å². The first-order valence-corrected chi connectivity index (χ1v) is 7.30. The molecule has 0 amide bonds. The molecule has 17 heavy (non-hydrogen) atoms. The minimum absolute atomic E-state index is 0.0982. The summed E-state index contributed by atoms with van der Waals surface area (Å²) in [6, 6.07) is 0. The molecule has 102 valence electrons. The zero-order valence-electron chi connectivity index (χ0n) is 12.4. The fraction of sp³-hybridized carbons (Fsp3) is 1.00. The second-order valence-electron chi connectivity index (χ2n) is 6.68. The van der Waals surface area contributed by atoms with E-state index >= 15 is 0 Å². The monoisotopic (exact) mass is 241 g/mol. The second kappa shape index (κ2) is 6.19. The Morgan fingerprint density at radius 3 is 2.24 bits per heavy atom. The number of hydrogen-bond acceptors (Lipinski definition) is 2. The molecule has 1 fully saturated rings. The molecule has 0 bridgehead atoms. The second-order valence-corrected chi connectivity index (χ2v) is 6.68. The van der Waals surface area contributed by atoms with Gasteiger partial charge in [0.25, 0.3) is 0 Å². The quantitative estimate of drug-likeness (QED) is 0.788.